The fourth-order valence-electron chi connectivity index (χ4n) is 7.77. The van der Waals surface area contributed by atoms with Gasteiger partial charge in [-0.05, 0) is 43.9 Å². The quantitative estimate of drug-likeness (QED) is 0.0211. The summed E-state index contributed by atoms with van der Waals surface area (Å²) >= 11 is 0. The van der Waals surface area contributed by atoms with Crippen LogP contribution in [0.4, 0.5) is 0 Å². The predicted octanol–water partition coefficient (Wildman–Crippen LogP) is 13.1. The molecule has 0 aliphatic carbocycles. The Morgan fingerprint density at radius 3 is 1.02 bits per heavy atom. The molecule has 7 nitrogen and oxygen atoms in total. The molecule has 9 heteroatoms. The second-order valence-corrected chi connectivity index (χ2v) is 18.6. The molecular formula is C52H89NaO7S. The van der Waals surface area contributed by atoms with Crippen molar-refractivity contribution in [3.8, 4) is 0 Å². The fraction of sp³-hybridized carbons (Fsp3) is 0.769. The first-order chi connectivity index (χ1) is 29.3. The summed E-state index contributed by atoms with van der Waals surface area (Å²) in [5.74, 6) is -1.67. The standard InChI is InChI=1S/C52H90O7S.Na/c1-3-5-7-9-11-13-15-17-19-21-23-25-27-29-31-33-35-37-39-41-45-58-51(53)49-44-43-48(60(55,56)57)47-50(49)52(54)59-46-42-40-38-36-34-32-30-28-26-24-22-20-18-16-14-12-10-8-6-4-2;/h39-44,47H,3-38,45-46H2,1-2H3,(H,55,56,57);/q;+1/p-1/b41-39+,42-40+;. The summed E-state index contributed by atoms with van der Waals surface area (Å²) in [6.45, 7) is 4.54. The molecule has 0 atom stereocenters. The fourth-order valence-corrected chi connectivity index (χ4v) is 8.27. The van der Waals surface area contributed by atoms with Gasteiger partial charge in [-0.15, -0.1) is 0 Å². The molecule has 0 unspecified atom stereocenters. The van der Waals surface area contributed by atoms with Crippen molar-refractivity contribution in [1.82, 2.24) is 0 Å². The molecule has 0 heterocycles. The zero-order valence-corrected chi connectivity index (χ0v) is 42.5. The van der Waals surface area contributed by atoms with Crippen LogP contribution in [-0.2, 0) is 19.6 Å². The molecule has 1 aromatic rings. The van der Waals surface area contributed by atoms with E-state index in [1.807, 2.05) is 12.2 Å². The SMILES string of the molecule is CCCCCCCCCCCCCCCCCCC/C=C/COC(=O)c1ccc(S(=O)(=O)[O-])cc1C(=O)OC/C=C/CCCCCCCCCCCCCCCCCCC.[Na+]. The third-order valence-corrected chi connectivity index (χ3v) is 12.5. The van der Waals surface area contributed by atoms with E-state index >= 15 is 0 Å². The zero-order chi connectivity index (χ0) is 43.6. The second kappa shape index (κ2) is 43.8. The normalized spacial score (nSPS) is 11.7. The van der Waals surface area contributed by atoms with Crippen molar-refractivity contribution in [2.45, 2.75) is 250 Å². The average molecular weight is 881 g/mol. The summed E-state index contributed by atoms with van der Waals surface area (Å²) in [4.78, 5) is 25.2. The molecule has 0 radical (unpaired) electrons. The Morgan fingerprint density at radius 2 is 0.721 bits per heavy atom. The third kappa shape index (κ3) is 36.6. The van der Waals surface area contributed by atoms with Gasteiger partial charge < -0.3 is 14.0 Å². The number of esters is 2. The van der Waals surface area contributed by atoms with Crippen molar-refractivity contribution in [3.63, 3.8) is 0 Å². The van der Waals surface area contributed by atoms with Crippen LogP contribution in [0.5, 0.6) is 0 Å². The van der Waals surface area contributed by atoms with Gasteiger partial charge in [-0.1, -0.05) is 244 Å². The summed E-state index contributed by atoms with van der Waals surface area (Å²) < 4.78 is 45.7. The molecule has 0 bridgehead atoms. The third-order valence-electron chi connectivity index (χ3n) is 11.6. The molecule has 1 aromatic carbocycles. The van der Waals surface area contributed by atoms with Crippen LogP contribution in [0.25, 0.3) is 0 Å². The van der Waals surface area contributed by atoms with Crippen LogP contribution in [0.3, 0.4) is 0 Å². The minimum Gasteiger partial charge on any atom is -0.744 e. The van der Waals surface area contributed by atoms with Gasteiger partial charge in [-0.25, -0.2) is 18.0 Å². The van der Waals surface area contributed by atoms with Gasteiger partial charge >= 0.3 is 41.5 Å². The van der Waals surface area contributed by atoms with E-state index in [2.05, 4.69) is 13.8 Å². The molecular weight excluding hydrogens is 792 g/mol. The van der Waals surface area contributed by atoms with E-state index in [0.717, 1.165) is 43.9 Å². The van der Waals surface area contributed by atoms with Gasteiger partial charge in [0, 0.05) is 0 Å². The van der Waals surface area contributed by atoms with Crippen molar-refractivity contribution in [2.24, 2.45) is 0 Å². The minimum atomic E-state index is -4.84. The molecule has 0 saturated carbocycles. The van der Waals surface area contributed by atoms with Crippen LogP contribution in [0, 0.1) is 0 Å². The largest absolute Gasteiger partial charge is 1.00 e. The van der Waals surface area contributed by atoms with Crippen molar-refractivity contribution >= 4 is 22.1 Å². The first kappa shape index (κ1) is 59.5. The van der Waals surface area contributed by atoms with E-state index in [9.17, 15) is 22.6 Å². The van der Waals surface area contributed by atoms with Crippen molar-refractivity contribution in [1.29, 1.82) is 0 Å². The Kier molecular flexibility index (Phi) is 42.7. The van der Waals surface area contributed by atoms with E-state index in [-0.39, 0.29) is 53.9 Å². The van der Waals surface area contributed by atoms with Crippen LogP contribution >= 0.6 is 0 Å². The topological polar surface area (TPSA) is 110 Å². The van der Waals surface area contributed by atoms with Crippen LogP contribution in [0.2, 0.25) is 0 Å². The molecule has 0 aliphatic heterocycles. The van der Waals surface area contributed by atoms with Gasteiger partial charge in [0.2, 0.25) is 0 Å². The Labute approximate surface area is 397 Å². The van der Waals surface area contributed by atoms with Gasteiger partial charge in [-0.2, -0.15) is 0 Å². The average Bonchev–Trinajstić information content (AvgIpc) is 3.24. The van der Waals surface area contributed by atoms with Gasteiger partial charge in [-0.3, -0.25) is 0 Å². The number of unbranched alkanes of at least 4 members (excludes halogenated alkanes) is 34. The smallest absolute Gasteiger partial charge is 0.744 e. The molecule has 0 saturated heterocycles. The number of allylic oxidation sites excluding steroid dienone is 2. The monoisotopic (exact) mass is 881 g/mol. The predicted molar refractivity (Wildman–Crippen MR) is 251 cm³/mol. The summed E-state index contributed by atoms with van der Waals surface area (Å²) in [7, 11) is -4.84. The molecule has 1 rings (SSSR count). The van der Waals surface area contributed by atoms with Crippen LogP contribution in [0.15, 0.2) is 47.4 Å². The van der Waals surface area contributed by atoms with Crippen LogP contribution in [-0.4, -0.2) is 38.1 Å². The second-order valence-electron chi connectivity index (χ2n) is 17.2. The van der Waals surface area contributed by atoms with Gasteiger partial charge in [0.25, 0.3) is 0 Å². The Bertz CT molecular complexity index is 1340. The van der Waals surface area contributed by atoms with Gasteiger partial charge in [0.15, 0.2) is 0 Å². The van der Waals surface area contributed by atoms with Gasteiger partial charge in [0.1, 0.15) is 23.3 Å². The van der Waals surface area contributed by atoms with Gasteiger partial charge in [0.05, 0.1) is 16.0 Å². The molecule has 0 spiro atoms. The van der Waals surface area contributed by atoms with E-state index in [0.29, 0.717) is 0 Å². The number of hydrogen-bond donors (Lipinski definition) is 0. The molecule has 0 aromatic heterocycles. The molecule has 61 heavy (non-hydrogen) atoms. The Morgan fingerprint density at radius 1 is 0.443 bits per heavy atom. The minimum absolute atomic E-state index is 0. The molecule has 0 fully saturated rings. The number of carbonyl (C=O) groups excluding carboxylic acids is 2. The zero-order valence-electron chi connectivity index (χ0n) is 39.7. The summed E-state index contributed by atoms with van der Waals surface area (Å²) in [6.07, 6.45) is 54.7. The first-order valence-corrected chi connectivity index (χ1v) is 26.5. The number of rotatable bonds is 43. The van der Waals surface area contributed by atoms with Crippen molar-refractivity contribution < 1.29 is 61.6 Å². The maximum Gasteiger partial charge on any atom is 1.00 e. The number of hydrogen-bond acceptors (Lipinski definition) is 7. The number of benzene rings is 1. The number of carbonyl (C=O) groups is 2. The maximum absolute atomic E-state index is 12.9. The first-order valence-electron chi connectivity index (χ1n) is 25.0. The maximum atomic E-state index is 12.9. The van der Waals surface area contributed by atoms with Crippen molar-refractivity contribution in [3.05, 3.63) is 53.6 Å². The molecule has 0 aliphatic rings. The van der Waals surface area contributed by atoms with Crippen LogP contribution in [0.1, 0.15) is 266 Å². The van der Waals surface area contributed by atoms with Crippen LogP contribution < -0.4 is 29.6 Å². The molecule has 346 valence electrons. The van der Waals surface area contributed by atoms with E-state index < -0.39 is 27.0 Å². The van der Waals surface area contributed by atoms with E-state index in [1.165, 1.54) is 205 Å². The summed E-state index contributed by atoms with van der Waals surface area (Å²) in [5.41, 5.74) is -0.438. The molecule has 0 amide bonds. The molecule has 0 N–H and O–H groups in total. The number of ether oxygens (including phenoxy) is 2. The Hall–Kier alpha value is -1.45. The Balaban J connectivity index is 0.0000360. The van der Waals surface area contributed by atoms with Crippen molar-refractivity contribution in [2.75, 3.05) is 13.2 Å². The van der Waals surface area contributed by atoms with E-state index in [1.54, 1.807) is 12.2 Å². The van der Waals surface area contributed by atoms with E-state index in [4.69, 9.17) is 9.47 Å². The summed E-state index contributed by atoms with van der Waals surface area (Å²) in [5, 5.41) is 0. The summed E-state index contributed by atoms with van der Waals surface area (Å²) in [6, 6.07) is 3.05.